The second kappa shape index (κ2) is 7.77. The van der Waals surface area contributed by atoms with Crippen molar-refractivity contribution in [2.45, 2.75) is 6.42 Å². The van der Waals surface area contributed by atoms with E-state index in [1.54, 1.807) is 36.4 Å². The number of hydrogen-bond acceptors (Lipinski definition) is 6. The maximum atomic E-state index is 12.0. The Bertz CT molecular complexity index is 945. The zero-order valence-corrected chi connectivity index (χ0v) is 15.0. The Morgan fingerprint density at radius 2 is 1.96 bits per heavy atom. The Labute approximate surface area is 157 Å². The number of rotatable bonds is 5. The van der Waals surface area contributed by atoms with Gasteiger partial charge in [0.1, 0.15) is 11.0 Å². The summed E-state index contributed by atoms with van der Waals surface area (Å²) in [4.78, 5) is 23.8. The van der Waals surface area contributed by atoms with E-state index >= 15 is 0 Å². The van der Waals surface area contributed by atoms with Gasteiger partial charge < -0.3 is 10.1 Å². The van der Waals surface area contributed by atoms with Crippen molar-refractivity contribution in [1.82, 2.24) is 8.75 Å². The number of ether oxygens (including phenoxy) is 1. The molecule has 0 saturated heterocycles. The van der Waals surface area contributed by atoms with E-state index in [4.69, 9.17) is 27.9 Å². The zero-order chi connectivity index (χ0) is 17.8. The van der Waals surface area contributed by atoms with Crippen LogP contribution in [0.4, 0.5) is 5.69 Å². The minimum atomic E-state index is -0.540. The molecule has 0 aliphatic carbocycles. The average Bonchev–Trinajstić information content (AvgIpc) is 3.06. The predicted octanol–water partition coefficient (Wildman–Crippen LogP) is 3.72. The van der Waals surface area contributed by atoms with Crippen LogP contribution in [0.5, 0.6) is 0 Å². The van der Waals surface area contributed by atoms with Crippen molar-refractivity contribution in [2.24, 2.45) is 0 Å². The zero-order valence-electron chi connectivity index (χ0n) is 12.7. The standard InChI is InChI=1S/C16H11Cl2N3O3S/c17-10-5-4-9(6-11(10)18)7-15(23)24-8-14(22)19-12-2-1-3-13-16(12)21-25-20-13/h1-6H,7-8H2,(H,19,22). The highest BCUT2D eigenvalue weighted by Gasteiger charge is 2.12. The molecule has 1 N–H and O–H groups in total. The van der Waals surface area contributed by atoms with Gasteiger partial charge in [0, 0.05) is 0 Å². The van der Waals surface area contributed by atoms with E-state index in [1.165, 1.54) is 0 Å². The maximum Gasteiger partial charge on any atom is 0.310 e. The number of hydrogen-bond donors (Lipinski definition) is 1. The first-order valence-electron chi connectivity index (χ1n) is 7.13. The number of anilines is 1. The summed E-state index contributed by atoms with van der Waals surface area (Å²) in [5.41, 5.74) is 2.47. The van der Waals surface area contributed by atoms with Crippen molar-refractivity contribution < 1.29 is 14.3 Å². The van der Waals surface area contributed by atoms with E-state index in [2.05, 4.69) is 14.1 Å². The lowest BCUT2D eigenvalue weighted by Crippen LogP contribution is -2.21. The van der Waals surface area contributed by atoms with Gasteiger partial charge in [-0.25, -0.2) is 0 Å². The van der Waals surface area contributed by atoms with Crippen LogP contribution >= 0.6 is 34.9 Å². The molecule has 0 aliphatic heterocycles. The van der Waals surface area contributed by atoms with Crippen LogP contribution in [0.3, 0.4) is 0 Å². The smallest absolute Gasteiger partial charge is 0.310 e. The predicted molar refractivity (Wildman–Crippen MR) is 97.2 cm³/mol. The van der Waals surface area contributed by atoms with Crippen molar-refractivity contribution in [3.05, 3.63) is 52.0 Å². The SMILES string of the molecule is O=C(COC(=O)Cc1ccc(Cl)c(Cl)c1)Nc1cccc2nsnc12. The van der Waals surface area contributed by atoms with Gasteiger partial charge in [-0.15, -0.1) is 0 Å². The molecule has 0 atom stereocenters. The van der Waals surface area contributed by atoms with Gasteiger partial charge in [-0.1, -0.05) is 35.3 Å². The monoisotopic (exact) mass is 395 g/mol. The van der Waals surface area contributed by atoms with E-state index in [0.717, 1.165) is 11.7 Å². The van der Waals surface area contributed by atoms with Crippen LogP contribution in [0.1, 0.15) is 5.56 Å². The Hall–Kier alpha value is -2.22. The highest BCUT2D eigenvalue weighted by atomic mass is 35.5. The summed E-state index contributed by atoms with van der Waals surface area (Å²) < 4.78 is 13.2. The van der Waals surface area contributed by atoms with Crippen LogP contribution in [0.2, 0.25) is 10.0 Å². The van der Waals surface area contributed by atoms with Crippen molar-refractivity contribution in [3.8, 4) is 0 Å². The molecule has 0 radical (unpaired) electrons. The van der Waals surface area contributed by atoms with Crippen LogP contribution in [0.25, 0.3) is 11.0 Å². The molecular weight excluding hydrogens is 385 g/mol. The summed E-state index contributed by atoms with van der Waals surface area (Å²) in [6, 6.07) is 10.1. The van der Waals surface area contributed by atoms with Crippen molar-refractivity contribution in [2.75, 3.05) is 11.9 Å². The second-order valence-corrected chi connectivity index (χ2v) is 6.41. The van der Waals surface area contributed by atoms with Gasteiger partial charge in [0.05, 0.1) is 33.9 Å². The van der Waals surface area contributed by atoms with E-state index < -0.39 is 18.5 Å². The molecule has 0 unspecified atom stereocenters. The van der Waals surface area contributed by atoms with E-state index in [1.807, 2.05) is 0 Å². The molecule has 1 heterocycles. The number of aromatic nitrogens is 2. The molecule has 6 nitrogen and oxygen atoms in total. The quantitative estimate of drug-likeness (QED) is 0.665. The maximum absolute atomic E-state index is 12.0. The number of esters is 1. The van der Waals surface area contributed by atoms with Crippen LogP contribution in [-0.2, 0) is 20.7 Å². The number of nitrogens with zero attached hydrogens (tertiary/aromatic N) is 2. The summed E-state index contributed by atoms with van der Waals surface area (Å²) >= 11 is 12.8. The Morgan fingerprint density at radius 3 is 2.76 bits per heavy atom. The number of halogens is 2. The molecular formula is C16H11Cl2N3O3S. The molecule has 25 heavy (non-hydrogen) atoms. The van der Waals surface area contributed by atoms with Crippen LogP contribution in [0.15, 0.2) is 36.4 Å². The summed E-state index contributed by atoms with van der Waals surface area (Å²) in [5, 5.41) is 3.42. The van der Waals surface area contributed by atoms with Gasteiger partial charge in [0.2, 0.25) is 0 Å². The lowest BCUT2D eigenvalue weighted by atomic mass is 10.1. The molecule has 0 saturated carbocycles. The van der Waals surface area contributed by atoms with Crippen molar-refractivity contribution in [1.29, 1.82) is 0 Å². The third-order valence-electron chi connectivity index (χ3n) is 3.26. The fourth-order valence-electron chi connectivity index (χ4n) is 2.11. The van der Waals surface area contributed by atoms with Gasteiger partial charge in [-0.05, 0) is 29.8 Å². The summed E-state index contributed by atoms with van der Waals surface area (Å²) in [6.45, 7) is -0.395. The molecule has 0 fully saturated rings. The first kappa shape index (κ1) is 17.6. The molecule has 1 amide bonds. The summed E-state index contributed by atoms with van der Waals surface area (Å²) in [7, 11) is 0. The van der Waals surface area contributed by atoms with E-state index in [-0.39, 0.29) is 6.42 Å². The van der Waals surface area contributed by atoms with Crippen LogP contribution < -0.4 is 5.32 Å². The Kier molecular flexibility index (Phi) is 5.47. The molecule has 9 heteroatoms. The van der Waals surface area contributed by atoms with E-state index in [0.29, 0.717) is 32.3 Å². The van der Waals surface area contributed by atoms with Crippen molar-refractivity contribution in [3.63, 3.8) is 0 Å². The number of benzene rings is 2. The number of carbonyl (C=O) groups excluding carboxylic acids is 2. The largest absolute Gasteiger partial charge is 0.455 e. The number of fused-ring (bicyclic) bond motifs is 1. The lowest BCUT2D eigenvalue weighted by Gasteiger charge is -2.07. The summed E-state index contributed by atoms with van der Waals surface area (Å²) in [5.74, 6) is -0.995. The minimum Gasteiger partial charge on any atom is -0.455 e. The Balaban J connectivity index is 1.54. The van der Waals surface area contributed by atoms with E-state index in [9.17, 15) is 9.59 Å². The van der Waals surface area contributed by atoms with Gasteiger partial charge in [-0.2, -0.15) is 8.75 Å². The van der Waals surface area contributed by atoms with Crippen LogP contribution in [0, 0.1) is 0 Å². The number of nitrogens with one attached hydrogen (secondary N) is 1. The third kappa shape index (κ3) is 4.45. The fourth-order valence-corrected chi connectivity index (χ4v) is 2.98. The normalized spacial score (nSPS) is 10.6. The van der Waals surface area contributed by atoms with Crippen LogP contribution in [-0.4, -0.2) is 27.2 Å². The molecule has 0 bridgehead atoms. The van der Waals surface area contributed by atoms with Gasteiger partial charge in [0.25, 0.3) is 5.91 Å². The molecule has 128 valence electrons. The Morgan fingerprint density at radius 1 is 1.12 bits per heavy atom. The molecule has 1 aromatic heterocycles. The average molecular weight is 396 g/mol. The molecule has 0 aliphatic rings. The fraction of sp³-hybridized carbons (Fsp3) is 0.125. The molecule has 3 aromatic rings. The van der Waals surface area contributed by atoms with Gasteiger partial charge in [-0.3, -0.25) is 9.59 Å². The lowest BCUT2D eigenvalue weighted by molar-refractivity contribution is -0.146. The van der Waals surface area contributed by atoms with Gasteiger partial charge >= 0.3 is 5.97 Å². The topological polar surface area (TPSA) is 81.2 Å². The summed E-state index contributed by atoms with van der Waals surface area (Å²) in [6.07, 6.45) is -0.00421. The first-order chi connectivity index (χ1) is 12.0. The minimum absolute atomic E-state index is 0.00421. The molecule has 3 rings (SSSR count). The number of carbonyl (C=O) groups is 2. The second-order valence-electron chi connectivity index (χ2n) is 5.07. The highest BCUT2D eigenvalue weighted by molar-refractivity contribution is 7.00. The highest BCUT2D eigenvalue weighted by Crippen LogP contribution is 2.23. The third-order valence-corrected chi connectivity index (χ3v) is 4.54. The molecule has 0 spiro atoms. The van der Waals surface area contributed by atoms with Gasteiger partial charge in [0.15, 0.2) is 6.61 Å². The molecule has 2 aromatic carbocycles. The van der Waals surface area contributed by atoms with Crippen molar-refractivity contribution >= 4 is 63.5 Å². The number of amides is 1. The first-order valence-corrected chi connectivity index (χ1v) is 8.62.